The first kappa shape index (κ1) is 13.8. The monoisotopic (exact) mass is 302 g/mol. The number of aromatic nitrogens is 3. The van der Waals surface area contributed by atoms with Gasteiger partial charge in [0.25, 0.3) is 0 Å². The Balaban J connectivity index is 1.63. The molecule has 2 aromatic carbocycles. The van der Waals surface area contributed by atoms with Gasteiger partial charge < -0.3 is 10.3 Å². The molecular weight excluding hydrogens is 284 g/mol. The van der Waals surface area contributed by atoms with Gasteiger partial charge in [-0.3, -0.25) is 0 Å². The molecule has 4 rings (SSSR count). The fourth-order valence-electron chi connectivity index (χ4n) is 2.91. The van der Waals surface area contributed by atoms with Gasteiger partial charge in [0.2, 0.25) is 0 Å². The summed E-state index contributed by atoms with van der Waals surface area (Å²) in [5.41, 5.74) is 5.59. The zero-order chi connectivity index (χ0) is 15.6. The Hall–Kier alpha value is -2.88. The Kier molecular flexibility index (Phi) is 3.42. The van der Waals surface area contributed by atoms with Gasteiger partial charge in [-0.2, -0.15) is 0 Å². The lowest BCUT2D eigenvalue weighted by Crippen LogP contribution is -2.06. The Labute approximate surface area is 134 Å². The highest BCUT2D eigenvalue weighted by Crippen LogP contribution is 2.27. The third-order valence-corrected chi connectivity index (χ3v) is 4.09. The van der Waals surface area contributed by atoms with E-state index < -0.39 is 0 Å². The van der Waals surface area contributed by atoms with E-state index in [0.717, 1.165) is 40.7 Å². The highest BCUT2D eigenvalue weighted by molar-refractivity contribution is 6.08. The van der Waals surface area contributed by atoms with E-state index in [4.69, 9.17) is 0 Å². The Morgan fingerprint density at radius 3 is 2.78 bits per heavy atom. The maximum Gasteiger partial charge on any atom is 0.153 e. The van der Waals surface area contributed by atoms with Crippen molar-refractivity contribution >= 4 is 27.8 Å². The molecule has 0 saturated carbocycles. The molecule has 0 unspecified atom stereocenters. The van der Waals surface area contributed by atoms with Crippen molar-refractivity contribution in [1.29, 1.82) is 0 Å². The van der Waals surface area contributed by atoms with Crippen molar-refractivity contribution < 1.29 is 0 Å². The number of fused-ring (bicyclic) bond motifs is 3. The smallest absolute Gasteiger partial charge is 0.153 e. The molecule has 2 N–H and O–H groups in total. The summed E-state index contributed by atoms with van der Waals surface area (Å²) in [5.74, 6) is 0.861. The predicted molar refractivity (Wildman–Crippen MR) is 94.8 cm³/mol. The zero-order valence-corrected chi connectivity index (χ0v) is 13.0. The number of anilines is 1. The second kappa shape index (κ2) is 5.72. The van der Waals surface area contributed by atoms with Crippen molar-refractivity contribution in [2.24, 2.45) is 0 Å². The quantitative estimate of drug-likeness (QED) is 0.597. The SMILES string of the molecule is Cc1ccc2[nH]c3c(NCCc4ccccc4)ncnc3c2c1. The molecule has 0 aliphatic rings. The number of nitrogens with zero attached hydrogens (tertiary/aromatic N) is 2. The summed E-state index contributed by atoms with van der Waals surface area (Å²) < 4.78 is 0. The molecule has 4 aromatic rings. The number of benzene rings is 2. The molecule has 0 saturated heterocycles. The number of rotatable bonds is 4. The molecule has 0 aliphatic heterocycles. The van der Waals surface area contributed by atoms with Crippen LogP contribution in [0, 0.1) is 6.92 Å². The van der Waals surface area contributed by atoms with Gasteiger partial charge in [-0.05, 0) is 31.0 Å². The molecule has 0 spiro atoms. The minimum Gasteiger partial charge on any atom is -0.368 e. The van der Waals surface area contributed by atoms with Crippen LogP contribution in [0.15, 0.2) is 54.9 Å². The van der Waals surface area contributed by atoms with E-state index in [9.17, 15) is 0 Å². The van der Waals surface area contributed by atoms with Crippen molar-refractivity contribution in [3.63, 3.8) is 0 Å². The van der Waals surface area contributed by atoms with Crippen molar-refractivity contribution in [1.82, 2.24) is 15.0 Å². The molecule has 114 valence electrons. The first-order valence-corrected chi connectivity index (χ1v) is 7.82. The number of aryl methyl sites for hydroxylation is 1. The van der Waals surface area contributed by atoms with Crippen molar-refractivity contribution in [2.45, 2.75) is 13.3 Å². The van der Waals surface area contributed by atoms with Gasteiger partial charge >= 0.3 is 0 Å². The minimum atomic E-state index is 0.838. The van der Waals surface area contributed by atoms with Crippen LogP contribution in [0.25, 0.3) is 21.9 Å². The third kappa shape index (κ3) is 2.63. The fourth-order valence-corrected chi connectivity index (χ4v) is 2.91. The van der Waals surface area contributed by atoms with E-state index >= 15 is 0 Å². The molecule has 0 aliphatic carbocycles. The van der Waals surface area contributed by atoms with Gasteiger partial charge in [0.15, 0.2) is 5.82 Å². The van der Waals surface area contributed by atoms with Gasteiger partial charge in [0, 0.05) is 17.4 Å². The van der Waals surface area contributed by atoms with Crippen LogP contribution in [0.5, 0.6) is 0 Å². The summed E-state index contributed by atoms with van der Waals surface area (Å²) in [6.45, 7) is 2.93. The number of nitrogens with one attached hydrogen (secondary N) is 2. The summed E-state index contributed by atoms with van der Waals surface area (Å²) in [7, 11) is 0. The topological polar surface area (TPSA) is 53.6 Å². The Morgan fingerprint density at radius 1 is 1.04 bits per heavy atom. The van der Waals surface area contributed by atoms with E-state index in [2.05, 4.69) is 69.7 Å². The average molecular weight is 302 g/mol. The van der Waals surface area contributed by atoms with Gasteiger partial charge in [0.05, 0.1) is 0 Å². The fraction of sp³-hybridized carbons (Fsp3) is 0.158. The first-order valence-electron chi connectivity index (χ1n) is 7.82. The lowest BCUT2D eigenvalue weighted by molar-refractivity contribution is 1.01. The summed E-state index contributed by atoms with van der Waals surface area (Å²) >= 11 is 0. The zero-order valence-electron chi connectivity index (χ0n) is 13.0. The lowest BCUT2D eigenvalue weighted by atomic mass is 10.1. The summed E-state index contributed by atoms with van der Waals surface area (Å²) in [6.07, 6.45) is 2.59. The maximum absolute atomic E-state index is 4.46. The van der Waals surface area contributed by atoms with Crippen LogP contribution in [-0.2, 0) is 6.42 Å². The summed E-state index contributed by atoms with van der Waals surface area (Å²) in [5, 5.41) is 4.58. The summed E-state index contributed by atoms with van der Waals surface area (Å²) in [4.78, 5) is 12.3. The Morgan fingerprint density at radius 2 is 1.91 bits per heavy atom. The second-order valence-electron chi connectivity index (χ2n) is 5.78. The van der Waals surface area contributed by atoms with Crippen LogP contribution >= 0.6 is 0 Å². The largest absolute Gasteiger partial charge is 0.368 e. The number of aromatic amines is 1. The van der Waals surface area contributed by atoms with Gasteiger partial charge in [-0.25, -0.2) is 9.97 Å². The second-order valence-corrected chi connectivity index (χ2v) is 5.78. The molecule has 0 radical (unpaired) electrons. The maximum atomic E-state index is 4.46. The molecule has 0 atom stereocenters. The highest BCUT2D eigenvalue weighted by atomic mass is 15.0. The van der Waals surface area contributed by atoms with Crippen molar-refractivity contribution in [3.05, 3.63) is 66.0 Å². The van der Waals surface area contributed by atoms with Gasteiger partial charge in [0.1, 0.15) is 17.4 Å². The molecule has 2 aromatic heterocycles. The van der Waals surface area contributed by atoms with Crippen molar-refractivity contribution in [2.75, 3.05) is 11.9 Å². The molecule has 0 bridgehead atoms. The molecule has 2 heterocycles. The number of hydrogen-bond acceptors (Lipinski definition) is 3. The van der Waals surface area contributed by atoms with E-state index in [-0.39, 0.29) is 0 Å². The molecular formula is C19H18N4. The first-order chi connectivity index (χ1) is 11.3. The Bertz CT molecular complexity index is 957. The van der Waals surface area contributed by atoms with E-state index in [0.29, 0.717) is 0 Å². The standard InChI is InChI=1S/C19H18N4/c1-13-7-8-16-15(11-13)17-18(23-16)19(22-12-21-17)20-10-9-14-5-3-2-4-6-14/h2-8,11-12,23H,9-10H2,1H3,(H,20,21,22). The predicted octanol–water partition coefficient (Wildman–Crippen LogP) is 4.07. The van der Waals surface area contributed by atoms with Crippen LogP contribution in [-0.4, -0.2) is 21.5 Å². The molecule has 4 heteroatoms. The third-order valence-electron chi connectivity index (χ3n) is 4.09. The molecule has 23 heavy (non-hydrogen) atoms. The molecule has 0 fully saturated rings. The van der Waals surface area contributed by atoms with E-state index in [1.165, 1.54) is 11.1 Å². The van der Waals surface area contributed by atoms with Gasteiger partial charge in [-0.15, -0.1) is 0 Å². The summed E-state index contributed by atoms with van der Waals surface area (Å²) in [6, 6.07) is 16.8. The van der Waals surface area contributed by atoms with Crippen LogP contribution in [0.3, 0.4) is 0 Å². The van der Waals surface area contributed by atoms with Crippen LogP contribution < -0.4 is 5.32 Å². The van der Waals surface area contributed by atoms with E-state index in [1.807, 2.05) is 6.07 Å². The normalized spacial score (nSPS) is 11.2. The van der Waals surface area contributed by atoms with Gasteiger partial charge in [-0.1, -0.05) is 42.0 Å². The molecule has 4 nitrogen and oxygen atoms in total. The number of hydrogen-bond donors (Lipinski definition) is 2. The lowest BCUT2D eigenvalue weighted by Gasteiger charge is -2.06. The molecule has 0 amide bonds. The number of H-pyrrole nitrogens is 1. The highest BCUT2D eigenvalue weighted by Gasteiger charge is 2.10. The van der Waals surface area contributed by atoms with Crippen LogP contribution in [0.2, 0.25) is 0 Å². The van der Waals surface area contributed by atoms with Crippen LogP contribution in [0.1, 0.15) is 11.1 Å². The average Bonchev–Trinajstić information content (AvgIpc) is 2.95. The minimum absolute atomic E-state index is 0.838. The van der Waals surface area contributed by atoms with E-state index in [1.54, 1.807) is 6.33 Å². The van der Waals surface area contributed by atoms with Crippen LogP contribution in [0.4, 0.5) is 5.82 Å². The van der Waals surface area contributed by atoms with Crippen molar-refractivity contribution in [3.8, 4) is 0 Å².